The summed E-state index contributed by atoms with van der Waals surface area (Å²) in [6.45, 7) is 0.419. The standard InChI is InChI=1S/C22H33NO7S/c24-17(14-30-19-8-4-5-9-19)12-29-13-18(25)15-31-11-10-20(22(27)28)23-21(26)16-6-2-1-3-7-16/h1-3,6-7,17-20,24-25H,4-5,8-15H2,(H,23,26)(H,27,28). The first kappa shape index (κ1) is 25.6. The Kier molecular flexibility index (Phi) is 11.9. The van der Waals surface area contributed by atoms with Crippen molar-refractivity contribution in [3.63, 3.8) is 0 Å². The Morgan fingerprint density at radius 1 is 1.06 bits per heavy atom. The average molecular weight is 456 g/mol. The molecule has 1 amide bonds. The van der Waals surface area contributed by atoms with Crippen LogP contribution in [-0.4, -0.2) is 82.9 Å². The highest BCUT2D eigenvalue weighted by Gasteiger charge is 2.21. The fraction of sp³-hybridized carbons (Fsp3) is 0.636. The normalized spacial score (nSPS) is 17.2. The third-order valence-electron chi connectivity index (χ3n) is 4.95. The van der Waals surface area contributed by atoms with Crippen LogP contribution in [0.4, 0.5) is 0 Å². The zero-order valence-corrected chi connectivity index (χ0v) is 18.5. The maximum Gasteiger partial charge on any atom is 0.326 e. The molecule has 0 saturated heterocycles. The molecule has 9 heteroatoms. The van der Waals surface area contributed by atoms with Gasteiger partial charge in [0.25, 0.3) is 5.91 Å². The molecular weight excluding hydrogens is 422 g/mol. The van der Waals surface area contributed by atoms with Crippen molar-refractivity contribution in [1.82, 2.24) is 5.32 Å². The Labute approximate surface area is 187 Å². The number of benzene rings is 1. The number of aliphatic hydroxyl groups is 2. The Balaban J connectivity index is 1.55. The van der Waals surface area contributed by atoms with Crippen LogP contribution in [0.3, 0.4) is 0 Å². The number of hydrogen-bond acceptors (Lipinski definition) is 7. The van der Waals surface area contributed by atoms with Crippen LogP contribution < -0.4 is 5.32 Å². The second kappa shape index (κ2) is 14.4. The monoisotopic (exact) mass is 455 g/mol. The third kappa shape index (κ3) is 10.5. The van der Waals surface area contributed by atoms with E-state index in [1.807, 2.05) is 0 Å². The Bertz CT molecular complexity index is 655. The van der Waals surface area contributed by atoms with Gasteiger partial charge in [0.05, 0.1) is 32.0 Å². The van der Waals surface area contributed by atoms with Crippen LogP contribution in [0.5, 0.6) is 0 Å². The average Bonchev–Trinajstić information content (AvgIpc) is 3.28. The summed E-state index contributed by atoms with van der Waals surface area (Å²) in [6.07, 6.45) is 3.47. The van der Waals surface area contributed by atoms with Crippen LogP contribution in [-0.2, 0) is 14.3 Å². The molecule has 1 aliphatic carbocycles. The van der Waals surface area contributed by atoms with Crippen LogP contribution in [0.25, 0.3) is 0 Å². The molecule has 31 heavy (non-hydrogen) atoms. The van der Waals surface area contributed by atoms with Crippen LogP contribution in [0, 0.1) is 0 Å². The first-order valence-corrected chi connectivity index (χ1v) is 11.8. The molecular formula is C22H33NO7S. The highest BCUT2D eigenvalue weighted by atomic mass is 32.2. The summed E-state index contributed by atoms with van der Waals surface area (Å²) in [7, 11) is 0. The Morgan fingerprint density at radius 2 is 1.74 bits per heavy atom. The number of carbonyl (C=O) groups is 2. The number of aliphatic carboxylic acids is 1. The van der Waals surface area contributed by atoms with E-state index in [1.165, 1.54) is 24.6 Å². The van der Waals surface area contributed by atoms with Crippen molar-refractivity contribution in [3.05, 3.63) is 35.9 Å². The van der Waals surface area contributed by atoms with Crippen molar-refractivity contribution < 1.29 is 34.4 Å². The predicted octanol–water partition coefficient (Wildman–Crippen LogP) is 1.69. The maximum absolute atomic E-state index is 12.1. The quantitative estimate of drug-likeness (QED) is 0.295. The van der Waals surface area contributed by atoms with Crippen LogP contribution in [0.15, 0.2) is 30.3 Å². The zero-order valence-electron chi connectivity index (χ0n) is 17.7. The minimum absolute atomic E-state index is 0.0839. The molecule has 0 heterocycles. The summed E-state index contributed by atoms with van der Waals surface area (Å²) in [5.41, 5.74) is 0.407. The summed E-state index contributed by atoms with van der Waals surface area (Å²) in [6, 6.07) is 7.46. The second-order valence-corrected chi connectivity index (χ2v) is 8.83. The SMILES string of the molecule is O=C(NC(CCSCC(O)COCC(O)COC1CCCC1)C(=O)O)c1ccccc1. The fourth-order valence-corrected chi connectivity index (χ4v) is 4.18. The lowest BCUT2D eigenvalue weighted by Crippen LogP contribution is -2.41. The largest absolute Gasteiger partial charge is 0.480 e. The highest BCUT2D eigenvalue weighted by Crippen LogP contribution is 2.20. The molecule has 0 aromatic heterocycles. The lowest BCUT2D eigenvalue weighted by molar-refractivity contribution is -0.139. The van der Waals surface area contributed by atoms with Gasteiger partial charge < -0.3 is 30.1 Å². The van der Waals surface area contributed by atoms with Gasteiger partial charge in [-0.15, -0.1) is 0 Å². The van der Waals surface area contributed by atoms with E-state index in [1.54, 1.807) is 30.3 Å². The van der Waals surface area contributed by atoms with Gasteiger partial charge in [-0.25, -0.2) is 4.79 Å². The lowest BCUT2D eigenvalue weighted by atomic mass is 10.1. The number of amides is 1. The summed E-state index contributed by atoms with van der Waals surface area (Å²) < 4.78 is 11.0. The summed E-state index contributed by atoms with van der Waals surface area (Å²) in [4.78, 5) is 23.5. The molecule has 1 aromatic carbocycles. The van der Waals surface area contributed by atoms with E-state index in [-0.39, 0.29) is 32.3 Å². The number of carboxylic acids is 1. The van der Waals surface area contributed by atoms with Crippen molar-refractivity contribution in [3.8, 4) is 0 Å². The van der Waals surface area contributed by atoms with E-state index in [9.17, 15) is 24.9 Å². The van der Waals surface area contributed by atoms with Gasteiger partial charge in [-0.3, -0.25) is 4.79 Å². The molecule has 2 rings (SSSR count). The topological polar surface area (TPSA) is 125 Å². The number of hydrogen-bond donors (Lipinski definition) is 4. The molecule has 174 valence electrons. The molecule has 4 N–H and O–H groups in total. The molecule has 0 aliphatic heterocycles. The van der Waals surface area contributed by atoms with Crippen LogP contribution >= 0.6 is 11.8 Å². The predicted molar refractivity (Wildman–Crippen MR) is 118 cm³/mol. The number of ether oxygens (including phenoxy) is 2. The summed E-state index contributed by atoms with van der Waals surface area (Å²) in [5, 5.41) is 31.7. The molecule has 3 unspecified atom stereocenters. The molecule has 1 aromatic rings. The third-order valence-corrected chi connectivity index (χ3v) is 6.09. The van der Waals surface area contributed by atoms with E-state index in [4.69, 9.17) is 9.47 Å². The van der Waals surface area contributed by atoms with Crippen molar-refractivity contribution in [2.24, 2.45) is 0 Å². The number of rotatable bonds is 15. The molecule has 1 aliphatic rings. The second-order valence-electron chi connectivity index (χ2n) is 7.68. The van der Waals surface area contributed by atoms with E-state index < -0.39 is 30.1 Å². The fourth-order valence-electron chi connectivity index (χ4n) is 3.25. The number of carbonyl (C=O) groups excluding carboxylic acids is 1. The minimum atomic E-state index is -1.09. The van der Waals surface area contributed by atoms with Crippen molar-refractivity contribution in [1.29, 1.82) is 0 Å². The molecule has 0 spiro atoms. The van der Waals surface area contributed by atoms with Gasteiger partial charge in [0.1, 0.15) is 12.1 Å². The lowest BCUT2D eigenvalue weighted by Gasteiger charge is -2.17. The van der Waals surface area contributed by atoms with Gasteiger partial charge >= 0.3 is 5.97 Å². The molecule has 0 bridgehead atoms. The number of nitrogens with one attached hydrogen (secondary N) is 1. The van der Waals surface area contributed by atoms with E-state index in [2.05, 4.69) is 5.32 Å². The van der Waals surface area contributed by atoms with E-state index >= 15 is 0 Å². The first-order chi connectivity index (χ1) is 15.0. The van der Waals surface area contributed by atoms with Gasteiger partial charge in [0.15, 0.2) is 0 Å². The number of carboxylic acid groups (broad SMARTS) is 1. The number of aliphatic hydroxyl groups excluding tert-OH is 2. The van der Waals surface area contributed by atoms with Gasteiger partial charge in [-0.05, 0) is 37.1 Å². The van der Waals surface area contributed by atoms with Crippen LogP contribution in [0.1, 0.15) is 42.5 Å². The Hall–Kier alpha value is -1.65. The van der Waals surface area contributed by atoms with E-state index in [0.717, 1.165) is 12.8 Å². The van der Waals surface area contributed by atoms with Gasteiger partial charge in [0.2, 0.25) is 0 Å². The van der Waals surface area contributed by atoms with Crippen molar-refractivity contribution >= 4 is 23.6 Å². The smallest absolute Gasteiger partial charge is 0.326 e. The van der Waals surface area contributed by atoms with Gasteiger partial charge in [-0.1, -0.05) is 31.0 Å². The molecule has 0 radical (unpaired) electrons. The van der Waals surface area contributed by atoms with Crippen LogP contribution in [0.2, 0.25) is 0 Å². The summed E-state index contributed by atoms with van der Waals surface area (Å²) >= 11 is 1.38. The van der Waals surface area contributed by atoms with E-state index in [0.29, 0.717) is 17.1 Å². The summed E-state index contributed by atoms with van der Waals surface area (Å²) in [5.74, 6) is -0.696. The highest BCUT2D eigenvalue weighted by molar-refractivity contribution is 7.99. The Morgan fingerprint density at radius 3 is 2.42 bits per heavy atom. The number of thioether (sulfide) groups is 1. The molecule has 1 fully saturated rings. The zero-order chi connectivity index (χ0) is 22.5. The van der Waals surface area contributed by atoms with Crippen molar-refractivity contribution in [2.75, 3.05) is 31.3 Å². The maximum atomic E-state index is 12.1. The van der Waals surface area contributed by atoms with Gasteiger partial charge in [0, 0.05) is 11.3 Å². The van der Waals surface area contributed by atoms with Gasteiger partial charge in [-0.2, -0.15) is 11.8 Å². The molecule has 8 nitrogen and oxygen atoms in total. The molecule has 1 saturated carbocycles. The first-order valence-electron chi connectivity index (χ1n) is 10.7. The van der Waals surface area contributed by atoms with Crippen molar-refractivity contribution in [2.45, 2.75) is 56.5 Å². The minimum Gasteiger partial charge on any atom is -0.480 e. The molecule has 3 atom stereocenters.